The van der Waals surface area contributed by atoms with Crippen LogP contribution in [0.3, 0.4) is 0 Å². The van der Waals surface area contributed by atoms with Gasteiger partial charge in [-0.25, -0.2) is 15.0 Å². The lowest BCUT2D eigenvalue weighted by molar-refractivity contribution is 0.851. The normalized spacial score (nSPS) is 12.2. The van der Waals surface area contributed by atoms with Gasteiger partial charge in [-0.15, -0.1) is 11.3 Å². The Hall–Kier alpha value is -1.69. The lowest BCUT2D eigenvalue weighted by Gasteiger charge is -2.16. The molecule has 0 radical (unpaired) electrons. The number of aromatic nitrogens is 3. The average Bonchev–Trinajstić information content (AvgIpc) is 2.87. The summed E-state index contributed by atoms with van der Waals surface area (Å²) >= 11 is 1.64. The van der Waals surface area contributed by atoms with Gasteiger partial charge in [0, 0.05) is 24.2 Å². The first-order chi connectivity index (χ1) is 8.61. The van der Waals surface area contributed by atoms with Crippen molar-refractivity contribution in [3.63, 3.8) is 0 Å². The molecule has 1 atom stereocenters. The Balaban J connectivity index is 2.26. The predicted octanol–water partition coefficient (Wildman–Crippen LogP) is 2.76. The first-order valence-corrected chi connectivity index (χ1v) is 6.68. The monoisotopic (exact) mass is 263 g/mol. The van der Waals surface area contributed by atoms with Gasteiger partial charge in [0.25, 0.3) is 0 Å². The van der Waals surface area contributed by atoms with Gasteiger partial charge in [-0.3, -0.25) is 0 Å². The number of aryl methyl sites for hydroxylation is 1. The molecule has 2 N–H and O–H groups in total. The average molecular weight is 263 g/mol. The molecule has 0 spiro atoms. The van der Waals surface area contributed by atoms with Gasteiger partial charge in [0.05, 0.1) is 6.04 Å². The number of anilines is 2. The molecule has 0 saturated heterocycles. The second-order valence-corrected chi connectivity index (χ2v) is 5.01. The highest BCUT2D eigenvalue weighted by atomic mass is 32.1. The van der Waals surface area contributed by atoms with Gasteiger partial charge >= 0.3 is 0 Å². The fourth-order valence-corrected chi connectivity index (χ4v) is 2.37. The molecule has 5 nitrogen and oxygen atoms in total. The van der Waals surface area contributed by atoms with Crippen LogP contribution < -0.4 is 10.6 Å². The highest BCUT2D eigenvalue weighted by Crippen LogP contribution is 2.24. The Bertz CT molecular complexity index is 524. The summed E-state index contributed by atoms with van der Waals surface area (Å²) in [6.07, 6.45) is 1.81. The molecule has 18 heavy (non-hydrogen) atoms. The molecule has 0 aromatic carbocycles. The largest absolute Gasteiger partial charge is 0.373 e. The minimum atomic E-state index is 0.141. The molecule has 2 heterocycles. The standard InChI is InChI=1S/C12H17N5S/c1-7-10(13-4)16-9(3)17-11(7)15-8(2)12-14-5-6-18-12/h5-6,8H,1-4H3,(H2,13,15,16,17). The molecular formula is C12H17N5S. The van der Waals surface area contributed by atoms with Crippen molar-refractivity contribution in [2.45, 2.75) is 26.8 Å². The van der Waals surface area contributed by atoms with Gasteiger partial charge in [-0.2, -0.15) is 0 Å². The second-order valence-electron chi connectivity index (χ2n) is 4.08. The van der Waals surface area contributed by atoms with Crippen molar-refractivity contribution >= 4 is 23.0 Å². The van der Waals surface area contributed by atoms with Crippen LogP contribution in [0.5, 0.6) is 0 Å². The third-order valence-corrected chi connectivity index (χ3v) is 3.63. The third kappa shape index (κ3) is 2.59. The lowest BCUT2D eigenvalue weighted by atomic mass is 10.2. The molecule has 0 aliphatic carbocycles. The molecule has 1 unspecified atom stereocenters. The van der Waals surface area contributed by atoms with E-state index in [1.54, 1.807) is 11.3 Å². The van der Waals surface area contributed by atoms with Crippen LogP contribution in [0.15, 0.2) is 11.6 Å². The summed E-state index contributed by atoms with van der Waals surface area (Å²) in [6.45, 7) is 5.97. The number of nitrogens with zero attached hydrogens (tertiary/aromatic N) is 3. The molecule has 2 aromatic heterocycles. The highest BCUT2D eigenvalue weighted by Gasteiger charge is 2.13. The molecule has 0 aliphatic rings. The Morgan fingerprint density at radius 2 is 1.94 bits per heavy atom. The zero-order valence-corrected chi connectivity index (χ0v) is 11.8. The van der Waals surface area contributed by atoms with E-state index in [1.807, 2.05) is 32.5 Å². The van der Waals surface area contributed by atoms with E-state index in [0.717, 1.165) is 28.0 Å². The van der Waals surface area contributed by atoms with E-state index in [-0.39, 0.29) is 6.04 Å². The Morgan fingerprint density at radius 3 is 2.56 bits per heavy atom. The minimum Gasteiger partial charge on any atom is -0.373 e. The summed E-state index contributed by atoms with van der Waals surface area (Å²) < 4.78 is 0. The predicted molar refractivity (Wildman–Crippen MR) is 75.2 cm³/mol. The Labute approximate surface area is 111 Å². The number of rotatable bonds is 4. The molecule has 0 amide bonds. The van der Waals surface area contributed by atoms with E-state index in [0.29, 0.717) is 0 Å². The smallest absolute Gasteiger partial charge is 0.135 e. The van der Waals surface area contributed by atoms with Crippen LogP contribution in [-0.2, 0) is 0 Å². The molecule has 6 heteroatoms. The Morgan fingerprint density at radius 1 is 1.22 bits per heavy atom. The van der Waals surface area contributed by atoms with Crippen molar-refractivity contribution in [3.8, 4) is 0 Å². The van der Waals surface area contributed by atoms with Gasteiger partial charge in [0.2, 0.25) is 0 Å². The topological polar surface area (TPSA) is 62.7 Å². The van der Waals surface area contributed by atoms with Crippen molar-refractivity contribution in [1.29, 1.82) is 0 Å². The maximum atomic E-state index is 4.45. The van der Waals surface area contributed by atoms with Crippen molar-refractivity contribution < 1.29 is 0 Å². The zero-order chi connectivity index (χ0) is 13.1. The van der Waals surface area contributed by atoms with Crippen molar-refractivity contribution in [2.24, 2.45) is 0 Å². The van der Waals surface area contributed by atoms with Gasteiger partial charge < -0.3 is 10.6 Å². The molecule has 0 fully saturated rings. The number of thiazole rings is 1. The first-order valence-electron chi connectivity index (χ1n) is 5.80. The Kier molecular flexibility index (Phi) is 3.76. The van der Waals surface area contributed by atoms with Gasteiger partial charge in [-0.05, 0) is 20.8 Å². The van der Waals surface area contributed by atoms with E-state index >= 15 is 0 Å². The van der Waals surface area contributed by atoms with Crippen LogP contribution in [-0.4, -0.2) is 22.0 Å². The molecule has 0 saturated carbocycles. The summed E-state index contributed by atoms with van der Waals surface area (Å²) in [4.78, 5) is 13.1. The number of nitrogens with one attached hydrogen (secondary N) is 2. The van der Waals surface area contributed by atoms with Crippen molar-refractivity contribution in [2.75, 3.05) is 17.7 Å². The highest BCUT2D eigenvalue weighted by molar-refractivity contribution is 7.09. The molecule has 2 rings (SSSR count). The maximum absolute atomic E-state index is 4.45. The number of hydrogen-bond acceptors (Lipinski definition) is 6. The molecule has 0 aliphatic heterocycles. The van der Waals surface area contributed by atoms with Gasteiger partial charge in [-0.1, -0.05) is 0 Å². The summed E-state index contributed by atoms with van der Waals surface area (Å²) in [6, 6.07) is 0.141. The van der Waals surface area contributed by atoms with Crippen LogP contribution in [0.4, 0.5) is 11.6 Å². The summed E-state index contributed by atoms with van der Waals surface area (Å²) in [5, 5.41) is 9.49. The lowest BCUT2D eigenvalue weighted by Crippen LogP contribution is -2.11. The summed E-state index contributed by atoms with van der Waals surface area (Å²) in [7, 11) is 1.86. The molecule has 0 bridgehead atoms. The van der Waals surface area contributed by atoms with Crippen LogP contribution >= 0.6 is 11.3 Å². The third-order valence-electron chi connectivity index (χ3n) is 2.67. The van der Waals surface area contributed by atoms with Crippen molar-refractivity contribution in [1.82, 2.24) is 15.0 Å². The summed E-state index contributed by atoms with van der Waals surface area (Å²) in [5.41, 5.74) is 1.02. The van der Waals surface area contributed by atoms with Crippen LogP contribution in [0.1, 0.15) is 29.4 Å². The van der Waals surface area contributed by atoms with Crippen LogP contribution in [0.2, 0.25) is 0 Å². The van der Waals surface area contributed by atoms with Gasteiger partial charge in [0.1, 0.15) is 22.5 Å². The van der Waals surface area contributed by atoms with E-state index in [2.05, 4.69) is 32.5 Å². The molecular weight excluding hydrogens is 246 g/mol. The van der Waals surface area contributed by atoms with Crippen LogP contribution in [0, 0.1) is 13.8 Å². The minimum absolute atomic E-state index is 0.141. The quantitative estimate of drug-likeness (QED) is 0.888. The fourth-order valence-electron chi connectivity index (χ4n) is 1.73. The van der Waals surface area contributed by atoms with E-state index in [1.165, 1.54) is 0 Å². The fraction of sp³-hybridized carbons (Fsp3) is 0.417. The van der Waals surface area contributed by atoms with E-state index in [4.69, 9.17) is 0 Å². The number of hydrogen-bond donors (Lipinski definition) is 2. The molecule has 2 aromatic rings. The first kappa shape index (κ1) is 12.8. The van der Waals surface area contributed by atoms with E-state index in [9.17, 15) is 0 Å². The van der Waals surface area contributed by atoms with Crippen molar-refractivity contribution in [3.05, 3.63) is 28.0 Å². The summed E-state index contributed by atoms with van der Waals surface area (Å²) in [5.74, 6) is 2.46. The second kappa shape index (κ2) is 5.30. The van der Waals surface area contributed by atoms with Crippen LogP contribution in [0.25, 0.3) is 0 Å². The SMILES string of the molecule is CNc1nc(C)nc(NC(C)c2nccs2)c1C. The van der Waals surface area contributed by atoms with E-state index < -0.39 is 0 Å². The maximum Gasteiger partial charge on any atom is 0.135 e. The van der Waals surface area contributed by atoms with Gasteiger partial charge in [0.15, 0.2) is 0 Å². The zero-order valence-electron chi connectivity index (χ0n) is 11.0. The molecule has 96 valence electrons.